The number of benzene rings is 1. The van der Waals surface area contributed by atoms with Crippen molar-refractivity contribution in [1.82, 2.24) is 5.32 Å². The number of ether oxygens (including phenoxy) is 2. The van der Waals surface area contributed by atoms with Gasteiger partial charge in [-0.1, -0.05) is 30.3 Å². The Hall–Kier alpha value is -1.39. The van der Waals surface area contributed by atoms with Crippen molar-refractivity contribution < 1.29 is 9.47 Å². The number of nitrogens with zero attached hydrogens (tertiary/aromatic N) is 1. The molecule has 2 heterocycles. The molecule has 0 aromatic heterocycles. The zero-order valence-electron chi connectivity index (χ0n) is 12.6. The fraction of sp³-hybridized carbons (Fsp3) is 0.588. The summed E-state index contributed by atoms with van der Waals surface area (Å²) in [5.41, 5.74) is 1.25. The van der Waals surface area contributed by atoms with Gasteiger partial charge >= 0.3 is 0 Å². The van der Waals surface area contributed by atoms with Crippen molar-refractivity contribution in [3.63, 3.8) is 0 Å². The minimum atomic E-state index is 0.190. The zero-order valence-corrected chi connectivity index (χ0v) is 12.6. The minimum absolute atomic E-state index is 0.190. The molecule has 2 unspecified atom stereocenters. The van der Waals surface area contributed by atoms with E-state index in [0.29, 0.717) is 19.3 Å². The van der Waals surface area contributed by atoms with Gasteiger partial charge in [0.1, 0.15) is 12.4 Å². The maximum atomic E-state index is 5.77. The Morgan fingerprint density at radius 2 is 2.14 bits per heavy atom. The lowest BCUT2D eigenvalue weighted by Crippen LogP contribution is -2.32. The maximum absolute atomic E-state index is 5.77. The lowest BCUT2D eigenvalue weighted by atomic mass is 10.0. The highest BCUT2D eigenvalue weighted by molar-refractivity contribution is 5.85. The highest BCUT2D eigenvalue weighted by Gasteiger charge is 2.26. The molecule has 0 amide bonds. The average molecular weight is 288 g/mol. The van der Waals surface area contributed by atoms with Gasteiger partial charge in [0.2, 0.25) is 0 Å². The third kappa shape index (κ3) is 3.83. The zero-order chi connectivity index (χ0) is 14.5. The Bertz CT molecular complexity index is 469. The van der Waals surface area contributed by atoms with Gasteiger partial charge in [0.05, 0.1) is 24.8 Å². The van der Waals surface area contributed by atoms with E-state index in [4.69, 9.17) is 14.5 Å². The topological polar surface area (TPSA) is 42.8 Å². The van der Waals surface area contributed by atoms with Gasteiger partial charge in [0, 0.05) is 6.61 Å². The molecule has 114 valence electrons. The largest absolute Gasteiger partial charge is 0.376 e. The second kappa shape index (κ2) is 7.05. The van der Waals surface area contributed by atoms with E-state index in [-0.39, 0.29) is 12.1 Å². The summed E-state index contributed by atoms with van der Waals surface area (Å²) in [6.45, 7) is 4.26. The second-order valence-corrected chi connectivity index (χ2v) is 5.87. The van der Waals surface area contributed by atoms with Crippen LogP contribution in [0.3, 0.4) is 0 Å². The molecular weight excluding hydrogens is 264 g/mol. The Labute approximate surface area is 126 Å². The van der Waals surface area contributed by atoms with Crippen LogP contribution in [0.15, 0.2) is 35.3 Å². The van der Waals surface area contributed by atoms with Crippen molar-refractivity contribution in [3.05, 3.63) is 35.9 Å². The Balaban J connectivity index is 1.49. The van der Waals surface area contributed by atoms with E-state index in [2.05, 4.69) is 36.5 Å². The first-order valence-electron chi connectivity index (χ1n) is 7.90. The number of hydrogen-bond donors (Lipinski definition) is 1. The molecule has 2 aliphatic rings. The van der Waals surface area contributed by atoms with Gasteiger partial charge in [-0.2, -0.15) is 0 Å². The van der Waals surface area contributed by atoms with Crippen LogP contribution in [0.2, 0.25) is 0 Å². The molecule has 3 rings (SSSR count). The summed E-state index contributed by atoms with van der Waals surface area (Å²) in [6.07, 6.45) is 3.81. The first-order valence-corrected chi connectivity index (χ1v) is 7.90. The Kier molecular flexibility index (Phi) is 4.88. The molecule has 0 aliphatic carbocycles. The molecule has 0 bridgehead atoms. The van der Waals surface area contributed by atoms with Crippen LogP contribution in [0.25, 0.3) is 0 Å². The van der Waals surface area contributed by atoms with Gasteiger partial charge in [-0.25, -0.2) is 0 Å². The van der Waals surface area contributed by atoms with Gasteiger partial charge in [0.25, 0.3) is 0 Å². The lowest BCUT2D eigenvalue weighted by molar-refractivity contribution is -0.0338. The summed E-state index contributed by atoms with van der Waals surface area (Å²) in [5, 5.41) is 3.42. The first kappa shape index (κ1) is 14.5. The quantitative estimate of drug-likeness (QED) is 0.906. The molecule has 0 saturated carbocycles. The molecule has 1 N–H and O–H groups in total. The van der Waals surface area contributed by atoms with Crippen LogP contribution in [0.1, 0.15) is 37.8 Å². The number of rotatable bonds is 5. The van der Waals surface area contributed by atoms with Crippen LogP contribution in [-0.2, 0) is 9.47 Å². The summed E-state index contributed by atoms with van der Waals surface area (Å²) >= 11 is 0. The normalized spacial score (nSPS) is 29.0. The molecule has 1 fully saturated rings. The van der Waals surface area contributed by atoms with Crippen molar-refractivity contribution in [1.29, 1.82) is 0 Å². The van der Waals surface area contributed by atoms with Crippen LogP contribution in [0, 0.1) is 0 Å². The molecule has 1 saturated heterocycles. The minimum Gasteiger partial charge on any atom is -0.376 e. The third-order valence-electron chi connectivity index (χ3n) is 4.12. The van der Waals surface area contributed by atoms with Crippen molar-refractivity contribution >= 4 is 5.84 Å². The third-order valence-corrected chi connectivity index (χ3v) is 4.12. The molecule has 0 spiro atoms. The summed E-state index contributed by atoms with van der Waals surface area (Å²) in [7, 11) is 0. The van der Waals surface area contributed by atoms with E-state index in [0.717, 1.165) is 18.9 Å². The second-order valence-electron chi connectivity index (χ2n) is 5.87. The fourth-order valence-electron chi connectivity index (χ4n) is 2.98. The van der Waals surface area contributed by atoms with E-state index < -0.39 is 0 Å². The van der Waals surface area contributed by atoms with Crippen LogP contribution in [0.5, 0.6) is 0 Å². The number of amidine groups is 1. The monoisotopic (exact) mass is 288 g/mol. The van der Waals surface area contributed by atoms with Crippen molar-refractivity contribution in [2.24, 2.45) is 4.99 Å². The highest BCUT2D eigenvalue weighted by Crippen LogP contribution is 2.25. The molecule has 0 radical (unpaired) electrons. The van der Waals surface area contributed by atoms with E-state index in [1.54, 1.807) is 0 Å². The standard InChI is InChI=1S/C17H24N2O2/c1-13-17(14-7-3-2-4-8-14)19-16(18-13)12-20-11-15-9-5-6-10-21-15/h2-4,7-8,13,15,17H,5-6,9-12H2,1H3,(H,18,19)/t13?,15?,17-/m0/s1. The summed E-state index contributed by atoms with van der Waals surface area (Å²) in [5.74, 6) is 0.951. The maximum Gasteiger partial charge on any atom is 0.124 e. The SMILES string of the molecule is CC1NC(COCC2CCCCO2)=N[C@@H]1c1ccccc1. The number of aliphatic imine (C=N–C) groups is 1. The molecule has 4 heteroatoms. The van der Waals surface area contributed by atoms with Gasteiger partial charge in [-0.15, -0.1) is 0 Å². The predicted octanol–water partition coefficient (Wildman–Crippen LogP) is 2.70. The summed E-state index contributed by atoms with van der Waals surface area (Å²) < 4.78 is 11.4. The van der Waals surface area contributed by atoms with Gasteiger partial charge in [-0.3, -0.25) is 4.99 Å². The highest BCUT2D eigenvalue weighted by atomic mass is 16.5. The summed E-state index contributed by atoms with van der Waals surface area (Å²) in [6, 6.07) is 10.9. The van der Waals surface area contributed by atoms with E-state index in [1.165, 1.54) is 18.4 Å². The number of hydrogen-bond acceptors (Lipinski definition) is 4. The van der Waals surface area contributed by atoms with E-state index in [1.807, 2.05) is 6.07 Å². The first-order chi connectivity index (χ1) is 10.3. The van der Waals surface area contributed by atoms with Crippen LogP contribution in [0.4, 0.5) is 0 Å². The van der Waals surface area contributed by atoms with E-state index in [9.17, 15) is 0 Å². The van der Waals surface area contributed by atoms with Crippen molar-refractivity contribution in [2.45, 2.75) is 44.4 Å². The van der Waals surface area contributed by atoms with E-state index >= 15 is 0 Å². The fourth-order valence-corrected chi connectivity index (χ4v) is 2.98. The van der Waals surface area contributed by atoms with Crippen LogP contribution in [-0.4, -0.2) is 37.8 Å². The average Bonchev–Trinajstić information content (AvgIpc) is 2.90. The molecule has 2 aliphatic heterocycles. The smallest absolute Gasteiger partial charge is 0.124 e. The lowest BCUT2D eigenvalue weighted by Gasteiger charge is -2.22. The molecule has 1 aromatic rings. The predicted molar refractivity (Wildman–Crippen MR) is 83.6 cm³/mol. The molecule has 21 heavy (non-hydrogen) atoms. The Morgan fingerprint density at radius 1 is 1.29 bits per heavy atom. The Morgan fingerprint density at radius 3 is 2.90 bits per heavy atom. The van der Waals surface area contributed by atoms with Gasteiger partial charge in [0.15, 0.2) is 0 Å². The van der Waals surface area contributed by atoms with Gasteiger partial charge in [-0.05, 0) is 31.7 Å². The van der Waals surface area contributed by atoms with Crippen molar-refractivity contribution in [2.75, 3.05) is 19.8 Å². The molecular formula is C17H24N2O2. The van der Waals surface area contributed by atoms with Crippen LogP contribution < -0.4 is 5.32 Å². The van der Waals surface area contributed by atoms with Crippen LogP contribution >= 0.6 is 0 Å². The van der Waals surface area contributed by atoms with Crippen molar-refractivity contribution in [3.8, 4) is 0 Å². The van der Waals surface area contributed by atoms with Gasteiger partial charge < -0.3 is 14.8 Å². The molecule has 3 atom stereocenters. The number of nitrogens with one attached hydrogen (secondary N) is 1. The summed E-state index contributed by atoms with van der Waals surface area (Å²) in [4.78, 5) is 4.76. The molecule has 1 aromatic carbocycles. The molecule has 4 nitrogen and oxygen atoms in total.